The predicted octanol–water partition coefficient (Wildman–Crippen LogP) is 1.31. The monoisotopic (exact) mass is 303 g/mol. The number of nitrogens with one attached hydrogen (secondary N) is 1. The van der Waals surface area contributed by atoms with Crippen LogP contribution in [0.15, 0.2) is 23.0 Å². The highest BCUT2D eigenvalue weighted by Gasteiger charge is 2.47. The van der Waals surface area contributed by atoms with Crippen LogP contribution in [0.25, 0.3) is 0 Å². The molecule has 4 rings (SSSR count). The fourth-order valence-corrected chi connectivity index (χ4v) is 4.07. The second kappa shape index (κ2) is 5.70. The molecular formula is C17H25N3O2. The predicted molar refractivity (Wildman–Crippen MR) is 83.2 cm³/mol. The Bertz CT molecular complexity index is 526. The van der Waals surface area contributed by atoms with Gasteiger partial charge in [-0.05, 0) is 44.2 Å². The largest absolute Gasteiger partial charge is 0.472 e. The molecule has 5 heteroatoms. The molecule has 0 aromatic carbocycles. The van der Waals surface area contributed by atoms with Crippen molar-refractivity contribution in [1.82, 2.24) is 15.1 Å². The Morgan fingerprint density at radius 1 is 1.41 bits per heavy atom. The molecule has 22 heavy (non-hydrogen) atoms. The van der Waals surface area contributed by atoms with E-state index < -0.39 is 0 Å². The Morgan fingerprint density at radius 2 is 2.27 bits per heavy atom. The van der Waals surface area contributed by atoms with Gasteiger partial charge in [-0.2, -0.15) is 0 Å². The first-order valence-electron chi connectivity index (χ1n) is 8.44. The summed E-state index contributed by atoms with van der Waals surface area (Å²) in [6.07, 6.45) is 7.13. The normalized spacial score (nSPS) is 32.3. The van der Waals surface area contributed by atoms with Crippen molar-refractivity contribution in [2.45, 2.75) is 37.9 Å². The fourth-order valence-electron chi connectivity index (χ4n) is 4.07. The molecule has 0 spiro atoms. The Kier molecular flexibility index (Phi) is 3.70. The number of rotatable bonds is 5. The molecule has 1 aromatic rings. The molecule has 1 N–H and O–H groups in total. The van der Waals surface area contributed by atoms with Crippen LogP contribution in [-0.2, 0) is 11.3 Å². The van der Waals surface area contributed by atoms with Gasteiger partial charge < -0.3 is 9.73 Å². The summed E-state index contributed by atoms with van der Waals surface area (Å²) in [5.41, 5.74) is 1.24. The minimum absolute atomic E-state index is 0.0739. The number of furan rings is 1. The van der Waals surface area contributed by atoms with Crippen LogP contribution in [0.1, 0.15) is 24.8 Å². The first kappa shape index (κ1) is 14.3. The first-order chi connectivity index (χ1) is 10.7. The van der Waals surface area contributed by atoms with Crippen molar-refractivity contribution in [3.8, 4) is 0 Å². The van der Waals surface area contributed by atoms with Crippen molar-refractivity contribution >= 4 is 5.91 Å². The minimum atomic E-state index is 0.0739. The van der Waals surface area contributed by atoms with E-state index in [2.05, 4.69) is 22.2 Å². The van der Waals surface area contributed by atoms with Gasteiger partial charge in [0, 0.05) is 37.8 Å². The van der Waals surface area contributed by atoms with E-state index in [1.165, 1.54) is 18.4 Å². The van der Waals surface area contributed by atoms with Crippen LogP contribution in [0, 0.1) is 11.8 Å². The van der Waals surface area contributed by atoms with Crippen molar-refractivity contribution in [2.24, 2.45) is 11.8 Å². The zero-order valence-corrected chi connectivity index (χ0v) is 13.2. The third kappa shape index (κ3) is 2.79. The number of amides is 1. The van der Waals surface area contributed by atoms with Crippen molar-refractivity contribution in [1.29, 1.82) is 0 Å². The Morgan fingerprint density at radius 3 is 2.95 bits per heavy atom. The molecule has 120 valence electrons. The maximum Gasteiger partial charge on any atom is 0.237 e. The van der Waals surface area contributed by atoms with E-state index in [-0.39, 0.29) is 11.9 Å². The molecule has 2 saturated heterocycles. The number of carbonyl (C=O) groups is 1. The summed E-state index contributed by atoms with van der Waals surface area (Å²) >= 11 is 0. The summed E-state index contributed by atoms with van der Waals surface area (Å²) in [5.74, 6) is 1.61. The van der Waals surface area contributed by atoms with Gasteiger partial charge in [0.2, 0.25) is 5.91 Å². The van der Waals surface area contributed by atoms with Crippen LogP contribution < -0.4 is 5.32 Å². The van der Waals surface area contributed by atoms with Gasteiger partial charge in [-0.1, -0.05) is 0 Å². The van der Waals surface area contributed by atoms with Crippen molar-refractivity contribution in [2.75, 3.05) is 26.7 Å². The zero-order chi connectivity index (χ0) is 15.1. The lowest BCUT2D eigenvalue weighted by atomic mass is 10.0. The maximum atomic E-state index is 12.4. The smallest absolute Gasteiger partial charge is 0.237 e. The molecule has 3 heterocycles. The molecule has 3 atom stereocenters. The van der Waals surface area contributed by atoms with Crippen molar-refractivity contribution < 1.29 is 9.21 Å². The van der Waals surface area contributed by atoms with E-state index in [1.54, 1.807) is 6.26 Å². The molecule has 1 saturated carbocycles. The topological polar surface area (TPSA) is 48.7 Å². The van der Waals surface area contributed by atoms with Crippen LogP contribution >= 0.6 is 0 Å². The summed E-state index contributed by atoms with van der Waals surface area (Å²) in [5, 5.41) is 3.15. The average molecular weight is 303 g/mol. The highest BCUT2D eigenvalue weighted by Crippen LogP contribution is 2.35. The van der Waals surface area contributed by atoms with E-state index in [9.17, 15) is 4.79 Å². The van der Waals surface area contributed by atoms with Crippen LogP contribution in [0.4, 0.5) is 0 Å². The Labute approximate surface area is 131 Å². The highest BCUT2D eigenvalue weighted by molar-refractivity contribution is 5.82. The van der Waals surface area contributed by atoms with Crippen LogP contribution in [0.5, 0.6) is 0 Å². The molecule has 1 aromatic heterocycles. The summed E-state index contributed by atoms with van der Waals surface area (Å²) in [7, 11) is 2.12. The molecule has 3 aliphatic rings. The minimum Gasteiger partial charge on any atom is -0.472 e. The number of likely N-dealkylation sites (tertiary alicyclic amines) is 2. The van der Waals surface area contributed by atoms with Crippen LogP contribution in [0.3, 0.4) is 0 Å². The zero-order valence-electron chi connectivity index (χ0n) is 13.2. The third-order valence-corrected chi connectivity index (χ3v) is 5.57. The number of hydrogen-bond donors (Lipinski definition) is 1. The number of hydrogen-bond acceptors (Lipinski definition) is 4. The molecule has 3 fully saturated rings. The van der Waals surface area contributed by atoms with Gasteiger partial charge in [-0.15, -0.1) is 0 Å². The van der Waals surface area contributed by atoms with Crippen molar-refractivity contribution in [3.05, 3.63) is 24.2 Å². The van der Waals surface area contributed by atoms with E-state index in [0.717, 1.165) is 38.5 Å². The number of fused-ring (bicyclic) bond motifs is 1. The SMILES string of the molecule is CN1[C@@H]2CN(Cc3ccoc3)C[C@@H]2C[C@H]1C(=O)NCC1CC1. The summed E-state index contributed by atoms with van der Waals surface area (Å²) in [4.78, 5) is 17.2. The van der Waals surface area contributed by atoms with E-state index >= 15 is 0 Å². The molecule has 1 amide bonds. The maximum absolute atomic E-state index is 12.4. The highest BCUT2D eigenvalue weighted by atomic mass is 16.3. The van der Waals surface area contributed by atoms with Crippen molar-refractivity contribution in [3.63, 3.8) is 0 Å². The summed E-state index contributed by atoms with van der Waals surface area (Å²) < 4.78 is 5.15. The van der Waals surface area contributed by atoms with E-state index in [4.69, 9.17) is 4.42 Å². The second-order valence-corrected chi connectivity index (χ2v) is 7.26. The Balaban J connectivity index is 1.31. The van der Waals surface area contributed by atoms with E-state index in [1.807, 2.05) is 12.3 Å². The Hall–Kier alpha value is -1.33. The van der Waals surface area contributed by atoms with Gasteiger partial charge >= 0.3 is 0 Å². The standard InChI is InChI=1S/C17H25N3O2/c1-19-15(17(21)18-7-12-2-3-12)6-14-9-20(10-16(14)19)8-13-4-5-22-11-13/h4-5,11-12,14-16H,2-3,6-10H2,1H3,(H,18,21)/t14-,15-,16+/m0/s1. The van der Waals surface area contributed by atoms with Gasteiger partial charge in [-0.25, -0.2) is 0 Å². The quantitative estimate of drug-likeness (QED) is 0.891. The van der Waals surface area contributed by atoms with Crippen LogP contribution in [-0.4, -0.2) is 54.5 Å². The third-order valence-electron chi connectivity index (χ3n) is 5.57. The molecule has 5 nitrogen and oxygen atoms in total. The van der Waals surface area contributed by atoms with Gasteiger partial charge in [0.15, 0.2) is 0 Å². The van der Waals surface area contributed by atoms with E-state index in [0.29, 0.717) is 12.0 Å². The number of nitrogens with zero attached hydrogens (tertiary/aromatic N) is 2. The molecule has 2 aliphatic heterocycles. The number of likely N-dealkylation sites (N-methyl/N-ethyl adjacent to an activating group) is 1. The average Bonchev–Trinajstić information content (AvgIpc) is 2.90. The lowest BCUT2D eigenvalue weighted by Crippen LogP contribution is -2.46. The summed E-state index contributed by atoms with van der Waals surface area (Å²) in [6, 6.07) is 2.62. The van der Waals surface area contributed by atoms with Gasteiger partial charge in [0.1, 0.15) is 0 Å². The molecule has 0 unspecified atom stereocenters. The van der Waals surface area contributed by atoms with Gasteiger partial charge in [0.25, 0.3) is 0 Å². The van der Waals surface area contributed by atoms with Gasteiger partial charge in [-0.3, -0.25) is 14.6 Å². The molecule has 0 radical (unpaired) electrons. The first-order valence-corrected chi connectivity index (χ1v) is 8.44. The molecular weight excluding hydrogens is 278 g/mol. The van der Waals surface area contributed by atoms with Crippen LogP contribution in [0.2, 0.25) is 0 Å². The fraction of sp³-hybridized carbons (Fsp3) is 0.706. The lowest BCUT2D eigenvalue weighted by molar-refractivity contribution is -0.125. The number of carbonyl (C=O) groups excluding carboxylic acids is 1. The summed E-state index contributed by atoms with van der Waals surface area (Å²) in [6.45, 7) is 3.98. The van der Waals surface area contributed by atoms with Gasteiger partial charge in [0.05, 0.1) is 18.6 Å². The molecule has 1 aliphatic carbocycles. The molecule has 0 bridgehead atoms. The lowest BCUT2D eigenvalue weighted by Gasteiger charge is -2.26. The second-order valence-electron chi connectivity index (χ2n) is 7.26.